The van der Waals surface area contributed by atoms with Gasteiger partial charge in [-0.2, -0.15) is 0 Å². The fourth-order valence-electron chi connectivity index (χ4n) is 1.11. The first-order chi connectivity index (χ1) is 6.43. The maximum absolute atomic E-state index is 9.32. The zero-order valence-electron chi connectivity index (χ0n) is 7.47. The highest BCUT2D eigenvalue weighted by atomic mass is 35.5. The van der Waals surface area contributed by atoms with E-state index in [-0.39, 0.29) is 0 Å². The van der Waals surface area contributed by atoms with Crippen molar-refractivity contribution in [3.8, 4) is 0 Å². The average Bonchev–Trinajstić information content (AvgIpc) is 2.01. The minimum atomic E-state index is -0.717. The Bertz CT molecular complexity index is 318. The molecule has 1 aromatic carbocycles. The van der Waals surface area contributed by atoms with Gasteiger partial charge in [0.2, 0.25) is 0 Å². The summed E-state index contributed by atoms with van der Waals surface area (Å²) in [6.07, 6.45) is -0.717. The molecule has 3 N–H and O–H groups in total. The Balaban J connectivity index is 3.20. The molecule has 2 atom stereocenters. The molecule has 0 saturated heterocycles. The first-order valence-corrected chi connectivity index (χ1v) is 5.15. The fourth-order valence-corrected chi connectivity index (χ4v) is 2.18. The zero-order chi connectivity index (χ0) is 10.9. The first-order valence-electron chi connectivity index (χ1n) is 4.01. The third-order valence-corrected chi connectivity index (χ3v) is 2.74. The van der Waals surface area contributed by atoms with Crippen molar-refractivity contribution in [2.45, 2.75) is 19.1 Å². The van der Waals surface area contributed by atoms with Crippen LogP contribution in [-0.4, -0.2) is 11.2 Å². The van der Waals surface area contributed by atoms with Crippen molar-refractivity contribution >= 4 is 34.8 Å². The monoisotopic (exact) mass is 253 g/mol. The predicted molar refractivity (Wildman–Crippen MR) is 60.1 cm³/mol. The van der Waals surface area contributed by atoms with Crippen molar-refractivity contribution in [1.29, 1.82) is 0 Å². The van der Waals surface area contributed by atoms with Gasteiger partial charge in [-0.05, 0) is 19.1 Å². The van der Waals surface area contributed by atoms with Crippen LogP contribution in [0.2, 0.25) is 15.1 Å². The van der Waals surface area contributed by atoms with Crippen molar-refractivity contribution in [3.63, 3.8) is 0 Å². The average molecular weight is 255 g/mol. The normalized spacial score (nSPS) is 15.3. The molecule has 0 aliphatic rings. The number of aliphatic hydroxyl groups is 1. The van der Waals surface area contributed by atoms with Crippen LogP contribution in [0, 0.1) is 0 Å². The van der Waals surface area contributed by atoms with Crippen LogP contribution < -0.4 is 5.73 Å². The third-order valence-electron chi connectivity index (χ3n) is 1.90. The third kappa shape index (κ3) is 2.53. The van der Waals surface area contributed by atoms with Crippen LogP contribution in [0.5, 0.6) is 0 Å². The maximum atomic E-state index is 9.32. The molecule has 0 heterocycles. The van der Waals surface area contributed by atoms with Gasteiger partial charge in [-0.15, -0.1) is 0 Å². The quantitative estimate of drug-likeness (QED) is 0.852. The van der Waals surface area contributed by atoms with Crippen molar-refractivity contribution in [3.05, 3.63) is 32.8 Å². The van der Waals surface area contributed by atoms with Gasteiger partial charge in [0.1, 0.15) is 0 Å². The van der Waals surface area contributed by atoms with Gasteiger partial charge in [-0.25, -0.2) is 0 Å². The van der Waals surface area contributed by atoms with E-state index in [4.69, 9.17) is 40.5 Å². The second-order valence-electron chi connectivity index (χ2n) is 3.05. The number of halogens is 3. The second kappa shape index (κ2) is 4.69. The summed E-state index contributed by atoms with van der Waals surface area (Å²) in [5.74, 6) is 0. The molecule has 0 aliphatic heterocycles. The molecule has 0 fully saturated rings. The molecule has 0 radical (unpaired) electrons. The van der Waals surface area contributed by atoms with Crippen LogP contribution in [0.15, 0.2) is 12.1 Å². The smallest absolute Gasteiger partial charge is 0.0705 e. The fraction of sp³-hybridized carbons (Fsp3) is 0.333. The van der Waals surface area contributed by atoms with Gasteiger partial charge in [-0.1, -0.05) is 34.8 Å². The lowest BCUT2D eigenvalue weighted by atomic mass is 10.0. The number of rotatable bonds is 2. The Morgan fingerprint density at radius 1 is 1.21 bits per heavy atom. The number of hydrogen-bond acceptors (Lipinski definition) is 2. The largest absolute Gasteiger partial charge is 0.391 e. The number of hydrogen-bond donors (Lipinski definition) is 2. The Hall–Kier alpha value is 0.01000. The lowest BCUT2D eigenvalue weighted by Crippen LogP contribution is -2.23. The highest BCUT2D eigenvalue weighted by molar-refractivity contribution is 6.39. The SMILES string of the molecule is C[C@@H](O)[C@H](N)c1c(Cl)cc(Cl)cc1Cl. The molecular formula is C9H10Cl3NO. The van der Waals surface area contributed by atoms with Crippen LogP contribution in [0.25, 0.3) is 0 Å². The van der Waals surface area contributed by atoms with E-state index in [0.29, 0.717) is 20.6 Å². The molecule has 0 unspecified atom stereocenters. The van der Waals surface area contributed by atoms with E-state index in [1.165, 1.54) is 0 Å². The van der Waals surface area contributed by atoms with Crippen molar-refractivity contribution in [2.24, 2.45) is 5.73 Å². The number of nitrogens with two attached hydrogens (primary N) is 1. The zero-order valence-corrected chi connectivity index (χ0v) is 9.74. The first kappa shape index (κ1) is 12.1. The van der Waals surface area contributed by atoms with E-state index < -0.39 is 12.1 Å². The standard InChI is InChI=1S/C9H10Cl3NO/c1-4(14)9(13)8-6(11)2-5(10)3-7(8)12/h2-4,9,14H,13H2,1H3/t4-,9+/m1/s1. The molecule has 0 spiro atoms. The van der Waals surface area contributed by atoms with Gasteiger partial charge < -0.3 is 10.8 Å². The molecule has 2 nitrogen and oxygen atoms in total. The summed E-state index contributed by atoms with van der Waals surface area (Å²) in [5.41, 5.74) is 6.25. The molecule has 0 aromatic heterocycles. The van der Waals surface area contributed by atoms with E-state index in [1.807, 2.05) is 0 Å². The highest BCUT2D eigenvalue weighted by Gasteiger charge is 2.19. The van der Waals surface area contributed by atoms with Crippen molar-refractivity contribution in [2.75, 3.05) is 0 Å². The van der Waals surface area contributed by atoms with E-state index >= 15 is 0 Å². The van der Waals surface area contributed by atoms with Crippen molar-refractivity contribution < 1.29 is 5.11 Å². The number of aliphatic hydroxyl groups excluding tert-OH is 1. The van der Waals surface area contributed by atoms with E-state index in [2.05, 4.69) is 0 Å². The minimum absolute atomic E-state index is 0.371. The van der Waals surface area contributed by atoms with Gasteiger partial charge in [0.15, 0.2) is 0 Å². The summed E-state index contributed by atoms with van der Waals surface area (Å²) >= 11 is 17.6. The minimum Gasteiger partial charge on any atom is -0.391 e. The van der Waals surface area contributed by atoms with Gasteiger partial charge >= 0.3 is 0 Å². The van der Waals surface area contributed by atoms with E-state index in [1.54, 1.807) is 19.1 Å². The van der Waals surface area contributed by atoms with Gasteiger partial charge in [0.05, 0.1) is 12.1 Å². The van der Waals surface area contributed by atoms with Crippen LogP contribution in [0.1, 0.15) is 18.5 Å². The second-order valence-corrected chi connectivity index (χ2v) is 4.30. The van der Waals surface area contributed by atoms with Crippen LogP contribution >= 0.6 is 34.8 Å². The summed E-state index contributed by atoms with van der Waals surface area (Å²) < 4.78 is 0. The molecule has 0 aliphatic carbocycles. The molecule has 1 rings (SSSR count). The Kier molecular flexibility index (Phi) is 4.04. The summed E-state index contributed by atoms with van der Waals surface area (Å²) in [6.45, 7) is 1.58. The summed E-state index contributed by atoms with van der Waals surface area (Å²) in [5, 5.41) is 10.5. The molecule has 0 bridgehead atoms. The molecule has 78 valence electrons. The summed E-state index contributed by atoms with van der Waals surface area (Å²) in [6, 6.07) is 2.49. The molecule has 1 aromatic rings. The summed E-state index contributed by atoms with van der Waals surface area (Å²) in [7, 11) is 0. The Morgan fingerprint density at radius 3 is 2.00 bits per heavy atom. The van der Waals surface area contributed by atoms with Gasteiger partial charge in [0, 0.05) is 20.6 Å². The predicted octanol–water partition coefficient (Wildman–Crippen LogP) is 3.03. The molecular weight excluding hydrogens is 244 g/mol. The van der Waals surface area contributed by atoms with Crippen LogP contribution in [0.4, 0.5) is 0 Å². The maximum Gasteiger partial charge on any atom is 0.0705 e. The van der Waals surface area contributed by atoms with Gasteiger partial charge in [-0.3, -0.25) is 0 Å². The lowest BCUT2D eigenvalue weighted by molar-refractivity contribution is 0.164. The van der Waals surface area contributed by atoms with Crippen LogP contribution in [-0.2, 0) is 0 Å². The molecule has 0 saturated carbocycles. The summed E-state index contributed by atoms with van der Waals surface area (Å²) in [4.78, 5) is 0. The lowest BCUT2D eigenvalue weighted by Gasteiger charge is -2.18. The Morgan fingerprint density at radius 2 is 1.64 bits per heavy atom. The van der Waals surface area contributed by atoms with Crippen LogP contribution in [0.3, 0.4) is 0 Å². The Labute approximate surface area is 97.6 Å². The topological polar surface area (TPSA) is 46.2 Å². The van der Waals surface area contributed by atoms with Crippen molar-refractivity contribution in [1.82, 2.24) is 0 Å². The number of benzene rings is 1. The molecule has 0 amide bonds. The van der Waals surface area contributed by atoms with E-state index in [0.717, 1.165) is 0 Å². The van der Waals surface area contributed by atoms with Gasteiger partial charge in [0.25, 0.3) is 0 Å². The molecule has 5 heteroatoms. The molecule has 14 heavy (non-hydrogen) atoms. The van der Waals surface area contributed by atoms with E-state index in [9.17, 15) is 5.11 Å². The highest BCUT2D eigenvalue weighted by Crippen LogP contribution is 2.33.